The van der Waals surface area contributed by atoms with E-state index in [1.807, 2.05) is 67.6 Å². The maximum absolute atomic E-state index is 12.5. The Hall–Kier alpha value is -3.32. The lowest BCUT2D eigenvalue weighted by Crippen LogP contribution is -2.27. The van der Waals surface area contributed by atoms with Crippen molar-refractivity contribution in [3.05, 3.63) is 94.5 Å². The number of aromatic nitrogens is 1. The van der Waals surface area contributed by atoms with Crippen LogP contribution in [-0.4, -0.2) is 42.0 Å². The molecule has 0 saturated heterocycles. The highest BCUT2D eigenvalue weighted by Gasteiger charge is 2.08. The van der Waals surface area contributed by atoms with Gasteiger partial charge in [-0.1, -0.05) is 23.7 Å². The lowest BCUT2D eigenvalue weighted by molar-refractivity contribution is 0.0955. The second-order valence-corrected chi connectivity index (χ2v) is 9.54. The molecule has 4 rings (SSSR count). The number of carbonyl (C=O) groups is 1. The second-order valence-electron chi connectivity index (χ2n) is 8.34. The number of hydrogen-bond donors (Lipinski definition) is 2. The van der Waals surface area contributed by atoms with Crippen LogP contribution in [0.3, 0.4) is 0 Å². The number of nitrogens with zero attached hydrogens (tertiary/aromatic N) is 3. The van der Waals surface area contributed by atoms with Gasteiger partial charge in [0, 0.05) is 52.2 Å². The van der Waals surface area contributed by atoms with Gasteiger partial charge >= 0.3 is 0 Å². The number of halogens is 3. The third-order valence-electron chi connectivity index (χ3n) is 5.74. The van der Waals surface area contributed by atoms with Crippen molar-refractivity contribution >= 4 is 75.0 Å². The SMILES string of the molecule is Cc1cc(Nc2ccc(C(=O)N/N=C/c3ccc(N(CCCl)CCCl)cc3)cc2)nc2ccc(Cl)cc12. The van der Waals surface area contributed by atoms with E-state index in [0.717, 1.165) is 46.5 Å². The third-order valence-corrected chi connectivity index (χ3v) is 6.32. The number of fused-ring (bicyclic) bond motifs is 1. The van der Waals surface area contributed by atoms with Gasteiger partial charge in [0.05, 0.1) is 11.7 Å². The summed E-state index contributed by atoms with van der Waals surface area (Å²) in [6.45, 7) is 3.46. The van der Waals surface area contributed by atoms with Crippen molar-refractivity contribution < 1.29 is 4.79 Å². The zero-order valence-corrected chi connectivity index (χ0v) is 22.5. The van der Waals surface area contributed by atoms with Gasteiger partial charge in [0.25, 0.3) is 5.91 Å². The molecule has 37 heavy (non-hydrogen) atoms. The zero-order valence-electron chi connectivity index (χ0n) is 20.2. The molecule has 4 aromatic rings. The maximum atomic E-state index is 12.5. The number of hydrogen-bond acceptors (Lipinski definition) is 5. The Bertz CT molecular complexity index is 1390. The van der Waals surface area contributed by atoms with Crippen LogP contribution >= 0.6 is 34.8 Å². The molecule has 0 aliphatic carbocycles. The molecule has 0 unspecified atom stereocenters. The number of hydrazone groups is 1. The Morgan fingerprint density at radius 3 is 2.35 bits per heavy atom. The molecule has 1 aromatic heterocycles. The highest BCUT2D eigenvalue weighted by atomic mass is 35.5. The molecule has 1 amide bonds. The Morgan fingerprint density at radius 1 is 0.973 bits per heavy atom. The first kappa shape index (κ1) is 26.7. The van der Waals surface area contributed by atoms with Crippen LogP contribution in [0.2, 0.25) is 5.02 Å². The van der Waals surface area contributed by atoms with E-state index < -0.39 is 0 Å². The van der Waals surface area contributed by atoms with E-state index in [1.165, 1.54) is 0 Å². The Morgan fingerprint density at radius 2 is 1.68 bits per heavy atom. The largest absolute Gasteiger partial charge is 0.369 e. The first-order valence-electron chi connectivity index (χ1n) is 11.7. The van der Waals surface area contributed by atoms with Crippen LogP contribution in [0.15, 0.2) is 77.9 Å². The second kappa shape index (κ2) is 12.8. The van der Waals surface area contributed by atoms with Crippen molar-refractivity contribution in [2.24, 2.45) is 5.10 Å². The number of benzene rings is 3. The molecule has 190 valence electrons. The number of aryl methyl sites for hydroxylation is 1. The van der Waals surface area contributed by atoms with Crippen LogP contribution in [0.1, 0.15) is 21.5 Å². The minimum atomic E-state index is -0.300. The van der Waals surface area contributed by atoms with Gasteiger partial charge in [0.1, 0.15) is 5.82 Å². The first-order chi connectivity index (χ1) is 18.0. The summed E-state index contributed by atoms with van der Waals surface area (Å²) in [4.78, 5) is 19.3. The average Bonchev–Trinajstić information content (AvgIpc) is 2.90. The van der Waals surface area contributed by atoms with Crippen LogP contribution in [0.25, 0.3) is 10.9 Å². The minimum Gasteiger partial charge on any atom is -0.369 e. The fraction of sp³-hybridized carbons (Fsp3) is 0.179. The molecule has 6 nitrogen and oxygen atoms in total. The summed E-state index contributed by atoms with van der Waals surface area (Å²) >= 11 is 17.9. The van der Waals surface area contributed by atoms with Gasteiger partial charge in [-0.25, -0.2) is 10.4 Å². The maximum Gasteiger partial charge on any atom is 0.271 e. The van der Waals surface area contributed by atoms with Crippen LogP contribution < -0.4 is 15.6 Å². The van der Waals surface area contributed by atoms with Gasteiger partial charge in [0.2, 0.25) is 0 Å². The predicted octanol–water partition coefficient (Wildman–Crippen LogP) is 6.99. The monoisotopic (exact) mass is 553 g/mol. The van der Waals surface area contributed by atoms with E-state index in [2.05, 4.69) is 25.7 Å². The number of nitrogens with one attached hydrogen (secondary N) is 2. The molecule has 1 heterocycles. The summed E-state index contributed by atoms with van der Waals surface area (Å²) in [5.74, 6) is 1.47. The normalized spacial score (nSPS) is 11.1. The lowest BCUT2D eigenvalue weighted by atomic mass is 10.1. The molecule has 0 aliphatic rings. The van der Waals surface area contributed by atoms with Crippen LogP contribution in [0, 0.1) is 6.92 Å². The topological polar surface area (TPSA) is 69.6 Å². The molecule has 0 saturated carbocycles. The summed E-state index contributed by atoms with van der Waals surface area (Å²) in [6, 6.07) is 22.5. The predicted molar refractivity (Wildman–Crippen MR) is 156 cm³/mol. The van der Waals surface area contributed by atoms with E-state index in [9.17, 15) is 4.79 Å². The molecule has 9 heteroatoms. The molecular weight excluding hydrogens is 529 g/mol. The number of pyridine rings is 1. The van der Waals surface area contributed by atoms with Crippen molar-refractivity contribution in [1.82, 2.24) is 10.4 Å². The molecule has 0 radical (unpaired) electrons. The number of anilines is 3. The number of amides is 1. The number of carbonyl (C=O) groups excluding carboxylic acids is 1. The van der Waals surface area contributed by atoms with Gasteiger partial charge in [-0.2, -0.15) is 5.10 Å². The lowest BCUT2D eigenvalue weighted by Gasteiger charge is -2.22. The van der Waals surface area contributed by atoms with E-state index in [-0.39, 0.29) is 5.91 Å². The summed E-state index contributed by atoms with van der Waals surface area (Å²) in [7, 11) is 0. The highest BCUT2D eigenvalue weighted by Crippen LogP contribution is 2.25. The fourth-order valence-electron chi connectivity index (χ4n) is 3.86. The van der Waals surface area contributed by atoms with Gasteiger partial charge < -0.3 is 10.2 Å². The quantitative estimate of drug-likeness (QED) is 0.126. The van der Waals surface area contributed by atoms with Gasteiger partial charge in [-0.05, 0) is 78.7 Å². The molecule has 3 aromatic carbocycles. The summed E-state index contributed by atoms with van der Waals surface area (Å²) in [6.07, 6.45) is 1.60. The molecule has 0 spiro atoms. The smallest absolute Gasteiger partial charge is 0.271 e. The summed E-state index contributed by atoms with van der Waals surface area (Å²) in [5.41, 5.74) is 7.71. The third kappa shape index (κ3) is 7.13. The van der Waals surface area contributed by atoms with Crippen molar-refractivity contribution in [2.45, 2.75) is 6.92 Å². The van der Waals surface area contributed by atoms with Crippen molar-refractivity contribution in [2.75, 3.05) is 35.1 Å². The van der Waals surface area contributed by atoms with Gasteiger partial charge in [0.15, 0.2) is 0 Å². The first-order valence-corrected chi connectivity index (χ1v) is 13.2. The van der Waals surface area contributed by atoms with Gasteiger partial charge in [-0.3, -0.25) is 4.79 Å². The van der Waals surface area contributed by atoms with Crippen LogP contribution in [-0.2, 0) is 0 Å². The van der Waals surface area contributed by atoms with E-state index in [1.54, 1.807) is 18.3 Å². The number of alkyl halides is 2. The molecule has 2 N–H and O–H groups in total. The molecule has 0 bridgehead atoms. The van der Waals surface area contributed by atoms with E-state index in [4.69, 9.17) is 34.8 Å². The zero-order chi connectivity index (χ0) is 26.2. The molecular formula is C28H26Cl3N5O. The average molecular weight is 555 g/mol. The standard InChI is InChI=1S/C28H26Cl3N5O/c1-19-16-27(34-26-11-6-22(31)17-25(19)26)33-23-7-4-21(5-8-23)28(37)35-32-18-20-2-9-24(10-3-20)36(14-12-29)15-13-30/h2-11,16-18H,12-15H2,1H3,(H,33,34)(H,35,37)/b32-18+. The van der Waals surface area contributed by atoms with Gasteiger partial charge in [-0.15, -0.1) is 23.2 Å². The Balaban J connectivity index is 1.35. The fourth-order valence-corrected chi connectivity index (χ4v) is 4.44. The Labute approximate surface area is 231 Å². The van der Waals surface area contributed by atoms with E-state index >= 15 is 0 Å². The minimum absolute atomic E-state index is 0.300. The summed E-state index contributed by atoms with van der Waals surface area (Å²) in [5, 5.41) is 9.07. The van der Waals surface area contributed by atoms with Crippen LogP contribution in [0.4, 0.5) is 17.2 Å². The van der Waals surface area contributed by atoms with Crippen LogP contribution in [0.5, 0.6) is 0 Å². The highest BCUT2D eigenvalue weighted by molar-refractivity contribution is 6.31. The summed E-state index contributed by atoms with van der Waals surface area (Å²) < 4.78 is 0. The molecule has 0 atom stereocenters. The van der Waals surface area contributed by atoms with Crippen molar-refractivity contribution in [3.63, 3.8) is 0 Å². The number of rotatable bonds is 10. The molecule has 0 aliphatic heterocycles. The Kier molecular flexibility index (Phi) is 9.23. The molecule has 0 fully saturated rings. The van der Waals surface area contributed by atoms with E-state index in [0.29, 0.717) is 28.2 Å². The van der Waals surface area contributed by atoms with Crippen molar-refractivity contribution in [3.8, 4) is 0 Å². The van der Waals surface area contributed by atoms with Crippen molar-refractivity contribution in [1.29, 1.82) is 0 Å².